The van der Waals surface area contributed by atoms with Gasteiger partial charge in [0.05, 0.1) is 19.3 Å². The quantitative estimate of drug-likeness (QED) is 0.719. The normalized spacial score (nSPS) is 40.2. The SMILES string of the molecule is C1CO[C@@H](COCCN[C@@H]2C[C@H]3CC[C@H]2C3)C1. The highest BCUT2D eigenvalue weighted by atomic mass is 16.5. The van der Waals surface area contributed by atoms with E-state index in [1.54, 1.807) is 0 Å². The van der Waals surface area contributed by atoms with Crippen LogP contribution in [0.3, 0.4) is 0 Å². The lowest BCUT2D eigenvalue weighted by atomic mass is 9.95. The molecule has 3 aliphatic rings. The topological polar surface area (TPSA) is 30.5 Å². The molecule has 17 heavy (non-hydrogen) atoms. The van der Waals surface area contributed by atoms with Crippen molar-refractivity contribution in [3.63, 3.8) is 0 Å². The Morgan fingerprint density at radius 1 is 1.18 bits per heavy atom. The Hall–Kier alpha value is -0.120. The Balaban J connectivity index is 1.23. The second-order valence-corrected chi connectivity index (χ2v) is 5.95. The van der Waals surface area contributed by atoms with Crippen LogP contribution in [0.15, 0.2) is 0 Å². The Morgan fingerprint density at radius 3 is 2.88 bits per heavy atom. The molecule has 0 unspecified atom stereocenters. The summed E-state index contributed by atoms with van der Waals surface area (Å²) in [6, 6.07) is 0.792. The average molecular weight is 239 g/mol. The summed E-state index contributed by atoms with van der Waals surface area (Å²) in [5.41, 5.74) is 0. The number of ether oxygens (including phenoxy) is 2. The molecule has 1 saturated heterocycles. The van der Waals surface area contributed by atoms with Crippen LogP contribution in [0, 0.1) is 11.8 Å². The summed E-state index contributed by atoms with van der Waals surface area (Å²) in [5.74, 6) is 2.00. The van der Waals surface area contributed by atoms with Crippen LogP contribution in [0.2, 0.25) is 0 Å². The number of hydrogen-bond acceptors (Lipinski definition) is 3. The highest BCUT2D eigenvalue weighted by Gasteiger charge is 2.38. The molecule has 2 saturated carbocycles. The van der Waals surface area contributed by atoms with Crippen molar-refractivity contribution < 1.29 is 9.47 Å². The average Bonchev–Trinajstić information content (AvgIpc) is 3.05. The lowest BCUT2D eigenvalue weighted by Crippen LogP contribution is -2.36. The van der Waals surface area contributed by atoms with E-state index in [0.717, 1.165) is 44.2 Å². The van der Waals surface area contributed by atoms with Gasteiger partial charge in [-0.3, -0.25) is 0 Å². The minimum atomic E-state index is 0.373. The Morgan fingerprint density at radius 2 is 2.18 bits per heavy atom. The van der Waals surface area contributed by atoms with Crippen LogP contribution in [0.4, 0.5) is 0 Å². The summed E-state index contributed by atoms with van der Waals surface area (Å²) in [4.78, 5) is 0. The number of hydrogen-bond donors (Lipinski definition) is 1. The van der Waals surface area contributed by atoms with Crippen molar-refractivity contribution in [3.8, 4) is 0 Å². The Kier molecular flexibility index (Phi) is 3.99. The van der Waals surface area contributed by atoms with Crippen LogP contribution in [0.25, 0.3) is 0 Å². The van der Waals surface area contributed by atoms with E-state index in [-0.39, 0.29) is 0 Å². The van der Waals surface area contributed by atoms with Gasteiger partial charge in [0.2, 0.25) is 0 Å². The predicted octanol–water partition coefficient (Wildman–Crippen LogP) is 1.96. The highest BCUT2D eigenvalue weighted by molar-refractivity contribution is 4.93. The zero-order valence-corrected chi connectivity index (χ0v) is 10.7. The summed E-state index contributed by atoms with van der Waals surface area (Å²) in [6.07, 6.45) is 8.59. The largest absolute Gasteiger partial charge is 0.377 e. The van der Waals surface area contributed by atoms with Gasteiger partial charge < -0.3 is 14.8 Å². The molecule has 0 aromatic rings. The van der Waals surface area contributed by atoms with Crippen LogP contribution in [0.1, 0.15) is 38.5 Å². The summed E-state index contributed by atoms with van der Waals surface area (Å²) < 4.78 is 11.2. The van der Waals surface area contributed by atoms with Gasteiger partial charge in [0.25, 0.3) is 0 Å². The number of rotatable bonds is 6. The van der Waals surface area contributed by atoms with Crippen molar-refractivity contribution in [2.45, 2.75) is 50.7 Å². The molecule has 2 bridgehead atoms. The van der Waals surface area contributed by atoms with Crippen molar-refractivity contribution in [1.29, 1.82) is 0 Å². The maximum atomic E-state index is 5.67. The Labute approximate surface area is 104 Å². The van der Waals surface area contributed by atoms with Gasteiger partial charge in [0.1, 0.15) is 0 Å². The molecule has 1 aliphatic heterocycles. The zero-order valence-electron chi connectivity index (χ0n) is 10.7. The van der Waals surface area contributed by atoms with Crippen molar-refractivity contribution >= 4 is 0 Å². The van der Waals surface area contributed by atoms with Gasteiger partial charge in [-0.25, -0.2) is 0 Å². The van der Waals surface area contributed by atoms with E-state index in [1.807, 2.05) is 0 Å². The first-order valence-electron chi connectivity index (χ1n) is 7.34. The van der Waals surface area contributed by atoms with Gasteiger partial charge in [-0.15, -0.1) is 0 Å². The third-order valence-electron chi connectivity index (χ3n) is 4.72. The minimum Gasteiger partial charge on any atom is -0.377 e. The second-order valence-electron chi connectivity index (χ2n) is 5.95. The van der Waals surface area contributed by atoms with E-state index in [4.69, 9.17) is 9.47 Å². The zero-order chi connectivity index (χ0) is 11.5. The van der Waals surface area contributed by atoms with Crippen LogP contribution >= 0.6 is 0 Å². The molecule has 4 atom stereocenters. The molecular formula is C14H25NO2. The first kappa shape index (κ1) is 11.9. The monoisotopic (exact) mass is 239 g/mol. The number of nitrogens with one attached hydrogen (secondary N) is 1. The maximum absolute atomic E-state index is 5.67. The molecule has 98 valence electrons. The fraction of sp³-hybridized carbons (Fsp3) is 1.00. The predicted molar refractivity (Wildman–Crippen MR) is 67.0 cm³/mol. The van der Waals surface area contributed by atoms with Crippen molar-refractivity contribution in [2.24, 2.45) is 11.8 Å². The van der Waals surface area contributed by atoms with E-state index in [1.165, 1.54) is 38.5 Å². The third-order valence-corrected chi connectivity index (χ3v) is 4.72. The van der Waals surface area contributed by atoms with E-state index in [9.17, 15) is 0 Å². The fourth-order valence-corrected chi connectivity index (χ4v) is 3.80. The molecular weight excluding hydrogens is 214 g/mol. The lowest BCUT2D eigenvalue weighted by Gasteiger charge is -2.23. The molecule has 0 aromatic carbocycles. The minimum absolute atomic E-state index is 0.373. The van der Waals surface area contributed by atoms with Gasteiger partial charge >= 0.3 is 0 Å². The first-order chi connectivity index (χ1) is 8.42. The number of fused-ring (bicyclic) bond motifs is 2. The molecule has 1 N–H and O–H groups in total. The summed E-state index contributed by atoms with van der Waals surface area (Å²) in [5, 5.41) is 3.67. The first-order valence-corrected chi connectivity index (χ1v) is 7.34. The maximum Gasteiger partial charge on any atom is 0.0809 e. The molecule has 3 nitrogen and oxygen atoms in total. The molecule has 3 fully saturated rings. The molecule has 0 radical (unpaired) electrons. The lowest BCUT2D eigenvalue weighted by molar-refractivity contribution is 0.0175. The van der Waals surface area contributed by atoms with E-state index < -0.39 is 0 Å². The summed E-state index contributed by atoms with van der Waals surface area (Å²) in [7, 11) is 0. The van der Waals surface area contributed by atoms with Crippen LogP contribution in [0.5, 0.6) is 0 Å². The second kappa shape index (κ2) is 5.68. The molecule has 0 spiro atoms. The highest BCUT2D eigenvalue weighted by Crippen LogP contribution is 2.44. The molecule has 1 heterocycles. The van der Waals surface area contributed by atoms with Gasteiger partial charge in [-0.2, -0.15) is 0 Å². The standard InChI is InChI=1S/C14H25NO2/c1-2-13(17-6-1)10-16-7-5-15-14-9-11-3-4-12(14)8-11/h11-15H,1-10H2/t11-,12-,13+,14+/m0/s1. The van der Waals surface area contributed by atoms with Gasteiger partial charge in [0.15, 0.2) is 0 Å². The molecule has 0 aromatic heterocycles. The van der Waals surface area contributed by atoms with Crippen molar-refractivity contribution in [1.82, 2.24) is 5.32 Å². The van der Waals surface area contributed by atoms with Crippen LogP contribution in [-0.2, 0) is 9.47 Å². The van der Waals surface area contributed by atoms with E-state index in [0.29, 0.717) is 6.10 Å². The smallest absolute Gasteiger partial charge is 0.0809 e. The van der Waals surface area contributed by atoms with Crippen molar-refractivity contribution in [3.05, 3.63) is 0 Å². The third kappa shape index (κ3) is 3.01. The van der Waals surface area contributed by atoms with Crippen LogP contribution in [-0.4, -0.2) is 38.5 Å². The molecule has 3 rings (SSSR count). The molecule has 0 amide bonds. The van der Waals surface area contributed by atoms with Gasteiger partial charge in [-0.1, -0.05) is 6.42 Å². The van der Waals surface area contributed by atoms with E-state index >= 15 is 0 Å². The molecule has 2 aliphatic carbocycles. The molecule has 3 heteroatoms. The van der Waals surface area contributed by atoms with E-state index in [2.05, 4.69) is 5.32 Å². The Bertz CT molecular complexity index is 240. The fourth-order valence-electron chi connectivity index (χ4n) is 3.80. The van der Waals surface area contributed by atoms with Gasteiger partial charge in [-0.05, 0) is 43.9 Å². The van der Waals surface area contributed by atoms with Crippen LogP contribution < -0.4 is 5.32 Å². The van der Waals surface area contributed by atoms with Gasteiger partial charge in [0, 0.05) is 19.2 Å². The summed E-state index contributed by atoms with van der Waals surface area (Å²) in [6.45, 7) is 3.57. The van der Waals surface area contributed by atoms with Crippen molar-refractivity contribution in [2.75, 3.05) is 26.4 Å². The summed E-state index contributed by atoms with van der Waals surface area (Å²) >= 11 is 0.